The molecule has 2 aromatic heterocycles. The summed E-state index contributed by atoms with van der Waals surface area (Å²) in [5.74, 6) is -0.120. The van der Waals surface area contributed by atoms with E-state index in [4.69, 9.17) is 38.8 Å². The van der Waals surface area contributed by atoms with Crippen LogP contribution >= 0.6 is 23.2 Å². The van der Waals surface area contributed by atoms with E-state index in [9.17, 15) is 4.39 Å². The highest BCUT2D eigenvalue weighted by Gasteiger charge is 2.20. The number of nitrogens with zero attached hydrogens (tertiary/aromatic N) is 2. The number of nitrogen functional groups attached to an aromatic ring is 1. The summed E-state index contributed by atoms with van der Waals surface area (Å²) in [4.78, 5) is 8.41. The number of pyridine rings is 2. The van der Waals surface area contributed by atoms with Gasteiger partial charge in [-0.05, 0) is 36.8 Å². The molecule has 3 aromatic rings. The Hall–Kier alpha value is -2.41. The quantitative estimate of drug-likeness (QED) is 0.593. The molecule has 1 unspecified atom stereocenters. The van der Waals surface area contributed by atoms with Crippen LogP contribution in [-0.4, -0.2) is 15.1 Å². The molecule has 0 aliphatic rings. The van der Waals surface area contributed by atoms with Gasteiger partial charge in [0, 0.05) is 28.5 Å². The van der Waals surface area contributed by atoms with E-state index >= 15 is 0 Å². The van der Waals surface area contributed by atoms with Crippen LogP contribution in [0.15, 0.2) is 42.7 Å². The number of rotatable bonds is 5. The van der Waals surface area contributed by atoms with Crippen LogP contribution in [0.25, 0.3) is 11.3 Å². The Balaban J connectivity index is 1.92. The van der Waals surface area contributed by atoms with Gasteiger partial charge >= 0.3 is 0 Å². The van der Waals surface area contributed by atoms with Crippen molar-refractivity contribution in [3.63, 3.8) is 0 Å². The third-order valence-electron chi connectivity index (χ3n) is 3.97. The van der Waals surface area contributed by atoms with Crippen molar-refractivity contribution in [1.29, 1.82) is 0 Å². The summed E-state index contributed by atoms with van der Waals surface area (Å²) in [6.07, 6.45) is 2.47. The van der Waals surface area contributed by atoms with E-state index in [1.165, 1.54) is 12.1 Å². The minimum atomic E-state index is -0.662. The molecule has 0 amide bonds. The van der Waals surface area contributed by atoms with Gasteiger partial charge in [-0.15, -0.1) is 0 Å². The first kappa shape index (κ1) is 19.4. The lowest BCUT2D eigenvalue weighted by Gasteiger charge is -2.19. The molecule has 1 atom stereocenters. The lowest BCUT2D eigenvalue weighted by atomic mass is 10.1. The minimum absolute atomic E-state index is 0.0890. The summed E-state index contributed by atoms with van der Waals surface area (Å²) in [5.41, 5.74) is 8.25. The van der Waals surface area contributed by atoms with Crippen molar-refractivity contribution in [2.45, 2.75) is 19.6 Å². The number of aliphatic hydroxyl groups excluding tert-OH is 1. The van der Waals surface area contributed by atoms with Gasteiger partial charge in [0.05, 0.1) is 17.3 Å². The van der Waals surface area contributed by atoms with E-state index in [0.717, 1.165) is 0 Å². The molecule has 0 fully saturated rings. The second-order valence-corrected chi connectivity index (χ2v) is 6.62. The van der Waals surface area contributed by atoms with Crippen LogP contribution in [0, 0.1) is 5.82 Å². The molecule has 0 bridgehead atoms. The van der Waals surface area contributed by atoms with Gasteiger partial charge < -0.3 is 15.6 Å². The summed E-state index contributed by atoms with van der Waals surface area (Å²) in [6.45, 7) is 1.60. The molecule has 0 saturated carbocycles. The molecule has 8 heteroatoms. The molecule has 140 valence electrons. The molecule has 0 aliphatic carbocycles. The van der Waals surface area contributed by atoms with Crippen molar-refractivity contribution in [2.75, 3.05) is 5.73 Å². The smallest absolute Gasteiger partial charge is 0.166 e. The lowest BCUT2D eigenvalue weighted by Crippen LogP contribution is -2.08. The number of hydrogen-bond acceptors (Lipinski definition) is 5. The van der Waals surface area contributed by atoms with Crippen molar-refractivity contribution in [1.82, 2.24) is 9.97 Å². The van der Waals surface area contributed by atoms with Crippen LogP contribution in [0.1, 0.15) is 24.2 Å². The van der Waals surface area contributed by atoms with E-state index in [1.54, 1.807) is 37.5 Å². The van der Waals surface area contributed by atoms with Crippen molar-refractivity contribution in [2.24, 2.45) is 0 Å². The predicted octanol–water partition coefficient (Wildman–Crippen LogP) is 4.80. The fourth-order valence-electron chi connectivity index (χ4n) is 2.54. The van der Waals surface area contributed by atoms with Gasteiger partial charge in [-0.3, -0.25) is 4.98 Å². The molecule has 27 heavy (non-hydrogen) atoms. The van der Waals surface area contributed by atoms with Gasteiger partial charge in [0.15, 0.2) is 11.6 Å². The Morgan fingerprint density at radius 1 is 1.19 bits per heavy atom. The van der Waals surface area contributed by atoms with Crippen molar-refractivity contribution < 1.29 is 14.2 Å². The fraction of sp³-hybridized carbons (Fsp3) is 0.158. The van der Waals surface area contributed by atoms with Crippen LogP contribution in [-0.2, 0) is 6.61 Å². The zero-order valence-corrected chi connectivity index (χ0v) is 15.8. The van der Waals surface area contributed by atoms with Crippen LogP contribution < -0.4 is 10.5 Å². The molecule has 2 heterocycles. The number of anilines is 1. The Kier molecular flexibility index (Phi) is 5.79. The number of aliphatic hydroxyl groups is 1. The topological polar surface area (TPSA) is 81.3 Å². The molecule has 0 aliphatic heterocycles. The lowest BCUT2D eigenvalue weighted by molar-refractivity contribution is 0.227. The third-order valence-corrected chi connectivity index (χ3v) is 4.69. The molecule has 0 radical (unpaired) electrons. The molecule has 3 rings (SSSR count). The average Bonchev–Trinajstić information content (AvgIpc) is 2.67. The van der Waals surface area contributed by atoms with E-state index in [1.807, 2.05) is 0 Å². The van der Waals surface area contributed by atoms with Gasteiger partial charge in [0.1, 0.15) is 11.9 Å². The number of nitrogens with two attached hydrogens (primary N) is 1. The second kappa shape index (κ2) is 8.08. The Morgan fingerprint density at radius 3 is 2.63 bits per heavy atom. The summed E-state index contributed by atoms with van der Waals surface area (Å²) in [5, 5.41) is 9.31. The molecular weight excluding hydrogens is 392 g/mol. The van der Waals surface area contributed by atoms with Crippen LogP contribution in [0.2, 0.25) is 10.0 Å². The van der Waals surface area contributed by atoms with Gasteiger partial charge in [-0.25, -0.2) is 9.37 Å². The highest BCUT2D eigenvalue weighted by molar-refractivity contribution is 6.36. The highest BCUT2D eigenvalue weighted by atomic mass is 35.5. The maximum absolute atomic E-state index is 13.8. The first-order valence-electron chi connectivity index (χ1n) is 8.02. The zero-order valence-electron chi connectivity index (χ0n) is 14.3. The number of halogens is 3. The largest absolute Gasteiger partial charge is 0.482 e. The van der Waals surface area contributed by atoms with E-state index in [-0.39, 0.29) is 22.5 Å². The molecule has 0 saturated heterocycles. The molecular formula is C19H16Cl2FN3O2. The summed E-state index contributed by atoms with van der Waals surface area (Å²) >= 11 is 12.2. The predicted molar refractivity (Wildman–Crippen MR) is 103 cm³/mol. The van der Waals surface area contributed by atoms with Crippen molar-refractivity contribution >= 4 is 29.0 Å². The number of ether oxygens (including phenoxy) is 1. The van der Waals surface area contributed by atoms with Gasteiger partial charge in [0.2, 0.25) is 0 Å². The Morgan fingerprint density at radius 2 is 1.96 bits per heavy atom. The summed E-state index contributed by atoms with van der Waals surface area (Å²) in [6, 6.07) is 7.81. The normalized spacial score (nSPS) is 12.0. The van der Waals surface area contributed by atoms with Gasteiger partial charge in [-0.1, -0.05) is 29.3 Å². The number of aromatic nitrogens is 2. The first-order chi connectivity index (χ1) is 12.9. The van der Waals surface area contributed by atoms with Crippen LogP contribution in [0.3, 0.4) is 0 Å². The molecule has 1 aromatic carbocycles. The average molecular weight is 408 g/mol. The zero-order chi connectivity index (χ0) is 19.6. The third kappa shape index (κ3) is 4.13. The van der Waals surface area contributed by atoms with Crippen molar-refractivity contribution in [3.8, 4) is 17.0 Å². The maximum atomic E-state index is 13.8. The van der Waals surface area contributed by atoms with Crippen LogP contribution in [0.4, 0.5) is 10.2 Å². The van der Waals surface area contributed by atoms with Gasteiger partial charge in [-0.2, -0.15) is 0 Å². The highest BCUT2D eigenvalue weighted by Crippen LogP contribution is 2.36. The monoisotopic (exact) mass is 407 g/mol. The minimum Gasteiger partial charge on any atom is -0.482 e. The molecule has 3 N–H and O–H groups in total. The van der Waals surface area contributed by atoms with E-state index in [0.29, 0.717) is 28.1 Å². The van der Waals surface area contributed by atoms with Gasteiger partial charge in [0.25, 0.3) is 0 Å². The SMILES string of the molecule is CC(Oc1cc(-c2ccc(CO)cn2)cnc1N)c1c(Cl)ccc(F)c1Cl. The maximum Gasteiger partial charge on any atom is 0.166 e. The fourth-order valence-corrected chi connectivity index (χ4v) is 3.22. The first-order valence-corrected chi connectivity index (χ1v) is 8.78. The number of hydrogen-bond donors (Lipinski definition) is 2. The van der Waals surface area contributed by atoms with Crippen molar-refractivity contribution in [3.05, 3.63) is 69.7 Å². The molecule has 0 spiro atoms. The van der Waals surface area contributed by atoms with E-state index < -0.39 is 11.9 Å². The summed E-state index contributed by atoms with van der Waals surface area (Å²) < 4.78 is 19.6. The number of benzene rings is 1. The molecule has 5 nitrogen and oxygen atoms in total. The van der Waals surface area contributed by atoms with Crippen LogP contribution in [0.5, 0.6) is 5.75 Å². The van der Waals surface area contributed by atoms with E-state index in [2.05, 4.69) is 9.97 Å². The summed E-state index contributed by atoms with van der Waals surface area (Å²) in [7, 11) is 0. The Bertz CT molecular complexity index is 968. The standard InChI is InChI=1S/C19H16Cl2FN3O2/c1-10(17-13(20)3-4-14(22)18(17)21)27-16-6-12(8-25-19(16)23)15-5-2-11(9-26)7-24-15/h2-8,10,26H,9H2,1H3,(H2,23,25). The second-order valence-electron chi connectivity index (χ2n) is 5.83. The Labute approximate surface area is 165 Å².